The van der Waals surface area contributed by atoms with Gasteiger partial charge in [-0.1, -0.05) is 6.92 Å². The Bertz CT molecular complexity index is 106. The van der Waals surface area contributed by atoms with Crippen molar-refractivity contribution < 1.29 is 0 Å². The second-order valence-corrected chi connectivity index (χ2v) is 4.46. The van der Waals surface area contributed by atoms with Crippen molar-refractivity contribution >= 4 is 11.8 Å². The monoisotopic (exact) mass is 173 g/mol. The van der Waals surface area contributed by atoms with Crippen molar-refractivity contribution in [3.05, 3.63) is 0 Å². The van der Waals surface area contributed by atoms with Gasteiger partial charge in [-0.05, 0) is 43.7 Å². The topological polar surface area (TPSA) is 12.0 Å². The Morgan fingerprint density at radius 3 is 2.73 bits per heavy atom. The molecular formula is C9H19NS. The summed E-state index contributed by atoms with van der Waals surface area (Å²) in [6.45, 7) is 3.55. The highest BCUT2D eigenvalue weighted by Gasteiger charge is 2.31. The fourth-order valence-electron chi connectivity index (χ4n) is 1.27. The average Bonchev–Trinajstić information content (AvgIpc) is 2.67. The number of hydrogen-bond acceptors (Lipinski definition) is 2. The second-order valence-electron chi connectivity index (χ2n) is 3.47. The van der Waals surface area contributed by atoms with Gasteiger partial charge < -0.3 is 5.32 Å². The van der Waals surface area contributed by atoms with Gasteiger partial charge in [0.2, 0.25) is 0 Å². The summed E-state index contributed by atoms with van der Waals surface area (Å²) in [7, 11) is 0. The highest BCUT2D eigenvalue weighted by Crippen LogP contribution is 2.28. The fourth-order valence-corrected chi connectivity index (χ4v) is 1.76. The van der Waals surface area contributed by atoms with Gasteiger partial charge >= 0.3 is 0 Å². The van der Waals surface area contributed by atoms with Gasteiger partial charge in [0, 0.05) is 6.04 Å². The molecule has 2 heteroatoms. The molecule has 0 amide bonds. The van der Waals surface area contributed by atoms with Crippen molar-refractivity contribution in [1.29, 1.82) is 0 Å². The normalized spacial score (nSPS) is 28.9. The summed E-state index contributed by atoms with van der Waals surface area (Å²) >= 11 is 1.95. The predicted octanol–water partition coefficient (Wildman–Crippen LogP) is 2.13. The van der Waals surface area contributed by atoms with E-state index in [4.69, 9.17) is 0 Å². The van der Waals surface area contributed by atoms with E-state index >= 15 is 0 Å². The average molecular weight is 173 g/mol. The summed E-state index contributed by atoms with van der Waals surface area (Å²) in [6.07, 6.45) is 6.30. The molecule has 2 unspecified atom stereocenters. The van der Waals surface area contributed by atoms with E-state index in [1.807, 2.05) is 11.8 Å². The first-order chi connectivity index (χ1) is 5.34. The summed E-state index contributed by atoms with van der Waals surface area (Å²) in [6, 6.07) is 0.865. The van der Waals surface area contributed by atoms with Crippen molar-refractivity contribution in [2.75, 3.05) is 18.6 Å². The Kier molecular flexibility index (Phi) is 4.31. The molecule has 0 bridgehead atoms. The molecule has 0 aromatic rings. The maximum absolute atomic E-state index is 3.56. The maximum Gasteiger partial charge on any atom is 0.00963 e. The van der Waals surface area contributed by atoms with E-state index in [-0.39, 0.29) is 0 Å². The molecule has 2 atom stereocenters. The molecule has 0 spiro atoms. The zero-order valence-corrected chi connectivity index (χ0v) is 8.41. The summed E-state index contributed by atoms with van der Waals surface area (Å²) < 4.78 is 0. The van der Waals surface area contributed by atoms with Gasteiger partial charge in [0.15, 0.2) is 0 Å². The van der Waals surface area contributed by atoms with Crippen LogP contribution >= 0.6 is 11.8 Å². The van der Waals surface area contributed by atoms with Crippen LogP contribution in [0.25, 0.3) is 0 Å². The quantitative estimate of drug-likeness (QED) is 0.618. The highest BCUT2D eigenvalue weighted by atomic mass is 32.2. The fraction of sp³-hybridized carbons (Fsp3) is 1.00. The lowest BCUT2D eigenvalue weighted by atomic mass is 10.3. The van der Waals surface area contributed by atoms with E-state index in [2.05, 4.69) is 18.5 Å². The summed E-state index contributed by atoms with van der Waals surface area (Å²) in [5.74, 6) is 2.28. The minimum absolute atomic E-state index is 0.865. The minimum atomic E-state index is 0.865. The van der Waals surface area contributed by atoms with Crippen LogP contribution in [0.2, 0.25) is 0 Å². The van der Waals surface area contributed by atoms with Crippen LogP contribution in [0, 0.1) is 5.92 Å². The van der Waals surface area contributed by atoms with Gasteiger partial charge in [0.1, 0.15) is 0 Å². The molecule has 1 saturated carbocycles. The third kappa shape index (κ3) is 4.02. The van der Waals surface area contributed by atoms with Crippen LogP contribution in [0.4, 0.5) is 0 Å². The molecule has 0 aromatic heterocycles. The zero-order valence-electron chi connectivity index (χ0n) is 7.60. The molecule has 1 aliphatic rings. The Labute approximate surface area is 74.3 Å². The van der Waals surface area contributed by atoms with Gasteiger partial charge in [-0.2, -0.15) is 11.8 Å². The van der Waals surface area contributed by atoms with Crippen molar-refractivity contribution in [1.82, 2.24) is 5.32 Å². The Hall–Kier alpha value is 0.310. The minimum Gasteiger partial charge on any atom is -0.314 e. The maximum atomic E-state index is 3.56. The van der Waals surface area contributed by atoms with Crippen LogP contribution in [0.3, 0.4) is 0 Å². The van der Waals surface area contributed by atoms with Crippen LogP contribution in [-0.4, -0.2) is 24.6 Å². The Morgan fingerprint density at radius 2 is 2.18 bits per heavy atom. The standard InChI is InChI=1S/C9H19NS/c1-8-7-9(8)10-5-3-4-6-11-2/h8-10H,3-7H2,1-2H3. The predicted molar refractivity (Wildman–Crippen MR) is 53.2 cm³/mol. The molecular weight excluding hydrogens is 154 g/mol. The van der Waals surface area contributed by atoms with Crippen LogP contribution in [0.1, 0.15) is 26.2 Å². The first-order valence-corrected chi connectivity index (χ1v) is 5.96. The lowest BCUT2D eigenvalue weighted by Gasteiger charge is -2.01. The third-order valence-corrected chi connectivity index (χ3v) is 2.99. The van der Waals surface area contributed by atoms with E-state index in [1.54, 1.807) is 0 Å². The SMILES string of the molecule is CSCCCCNC1CC1C. The molecule has 1 fully saturated rings. The van der Waals surface area contributed by atoms with Gasteiger partial charge in [-0.25, -0.2) is 0 Å². The van der Waals surface area contributed by atoms with E-state index < -0.39 is 0 Å². The third-order valence-electron chi connectivity index (χ3n) is 2.29. The van der Waals surface area contributed by atoms with Crippen LogP contribution in [0.5, 0.6) is 0 Å². The van der Waals surface area contributed by atoms with E-state index in [1.165, 1.54) is 31.6 Å². The van der Waals surface area contributed by atoms with E-state index in [9.17, 15) is 0 Å². The zero-order chi connectivity index (χ0) is 8.10. The molecule has 1 aliphatic carbocycles. The summed E-state index contributed by atoms with van der Waals surface area (Å²) in [4.78, 5) is 0. The van der Waals surface area contributed by atoms with Gasteiger partial charge in [-0.15, -0.1) is 0 Å². The van der Waals surface area contributed by atoms with Gasteiger partial charge in [0.25, 0.3) is 0 Å². The number of hydrogen-bond donors (Lipinski definition) is 1. The Balaban J connectivity index is 1.74. The molecule has 11 heavy (non-hydrogen) atoms. The number of thioether (sulfide) groups is 1. The smallest absolute Gasteiger partial charge is 0.00963 e. The molecule has 0 heterocycles. The molecule has 66 valence electrons. The van der Waals surface area contributed by atoms with Crippen molar-refractivity contribution in [3.63, 3.8) is 0 Å². The molecule has 0 saturated heterocycles. The molecule has 1 N–H and O–H groups in total. The molecule has 1 nitrogen and oxygen atoms in total. The van der Waals surface area contributed by atoms with E-state index in [0.29, 0.717) is 0 Å². The van der Waals surface area contributed by atoms with Gasteiger partial charge in [-0.3, -0.25) is 0 Å². The molecule has 0 aliphatic heterocycles. The molecule has 1 rings (SSSR count). The largest absolute Gasteiger partial charge is 0.314 e. The summed E-state index contributed by atoms with van der Waals surface area (Å²) in [5.41, 5.74) is 0. The van der Waals surface area contributed by atoms with Crippen molar-refractivity contribution in [3.8, 4) is 0 Å². The van der Waals surface area contributed by atoms with Gasteiger partial charge in [0.05, 0.1) is 0 Å². The van der Waals surface area contributed by atoms with Crippen LogP contribution in [0.15, 0.2) is 0 Å². The van der Waals surface area contributed by atoms with Crippen molar-refractivity contribution in [2.24, 2.45) is 5.92 Å². The first kappa shape index (κ1) is 9.40. The number of rotatable bonds is 6. The molecule has 0 aromatic carbocycles. The van der Waals surface area contributed by atoms with E-state index in [0.717, 1.165) is 12.0 Å². The lowest BCUT2D eigenvalue weighted by Crippen LogP contribution is -2.19. The van der Waals surface area contributed by atoms with Crippen LogP contribution in [-0.2, 0) is 0 Å². The second kappa shape index (κ2) is 5.04. The van der Waals surface area contributed by atoms with Crippen LogP contribution < -0.4 is 5.32 Å². The Morgan fingerprint density at radius 1 is 1.45 bits per heavy atom. The van der Waals surface area contributed by atoms with Crippen molar-refractivity contribution in [2.45, 2.75) is 32.2 Å². The molecule has 0 radical (unpaired) electrons. The first-order valence-electron chi connectivity index (χ1n) is 4.57. The lowest BCUT2D eigenvalue weighted by molar-refractivity contribution is 0.617. The highest BCUT2D eigenvalue weighted by molar-refractivity contribution is 7.98. The number of unbranched alkanes of at least 4 members (excludes halogenated alkanes) is 1. The number of nitrogens with one attached hydrogen (secondary N) is 1. The summed E-state index contributed by atoms with van der Waals surface area (Å²) in [5, 5.41) is 3.56.